The van der Waals surface area contributed by atoms with Crippen molar-refractivity contribution in [2.75, 3.05) is 18.1 Å². The largest absolute Gasteiger partial charge is 0.398 e. The van der Waals surface area contributed by atoms with Gasteiger partial charge in [0.1, 0.15) is 5.82 Å². The molecule has 0 aromatic heterocycles. The first-order valence-electron chi connectivity index (χ1n) is 13.1. The van der Waals surface area contributed by atoms with Gasteiger partial charge in [0, 0.05) is 52.3 Å². The van der Waals surface area contributed by atoms with Crippen molar-refractivity contribution in [1.29, 1.82) is 5.41 Å². The number of hydrogen-bond acceptors (Lipinski definition) is 5. The lowest BCUT2D eigenvalue weighted by molar-refractivity contribution is -0.117. The highest BCUT2D eigenvalue weighted by molar-refractivity contribution is 6.05. The van der Waals surface area contributed by atoms with E-state index in [0.717, 1.165) is 61.9 Å². The summed E-state index contributed by atoms with van der Waals surface area (Å²) in [5, 5.41) is 7.74. The minimum absolute atomic E-state index is 0.0322. The van der Waals surface area contributed by atoms with Gasteiger partial charge in [-0.3, -0.25) is 4.79 Å². The Hall–Kier alpha value is -2.99. The molecule has 2 aromatic carbocycles. The smallest absolute Gasteiger partial charge is 0.166 e. The lowest BCUT2D eigenvalue weighted by Gasteiger charge is -2.30. The van der Waals surface area contributed by atoms with Crippen LogP contribution >= 0.6 is 0 Å². The van der Waals surface area contributed by atoms with Crippen LogP contribution in [0.3, 0.4) is 0 Å². The zero-order valence-electron chi connectivity index (χ0n) is 21.6. The lowest BCUT2D eigenvalue weighted by Crippen LogP contribution is -2.34. The number of nitrogens with zero attached hydrogens (tertiary/aromatic N) is 1. The van der Waals surface area contributed by atoms with Crippen molar-refractivity contribution in [3.8, 4) is 0 Å². The highest BCUT2D eigenvalue weighted by Gasteiger charge is 2.34. The number of ketones is 1. The van der Waals surface area contributed by atoms with Gasteiger partial charge in [-0.05, 0) is 76.1 Å². The second-order valence-corrected chi connectivity index (χ2v) is 10.2. The van der Waals surface area contributed by atoms with Crippen LogP contribution in [0.15, 0.2) is 48.0 Å². The van der Waals surface area contributed by atoms with Gasteiger partial charge in [0.2, 0.25) is 0 Å². The molecule has 1 saturated carbocycles. The summed E-state index contributed by atoms with van der Waals surface area (Å²) in [6, 6.07) is 13.3. The quantitative estimate of drug-likeness (QED) is 0.297. The van der Waals surface area contributed by atoms with E-state index in [0.29, 0.717) is 16.8 Å². The van der Waals surface area contributed by atoms with Crippen LogP contribution < -0.4 is 10.6 Å². The summed E-state index contributed by atoms with van der Waals surface area (Å²) in [5.41, 5.74) is 11.0. The standard InChI is InChI=1S/C30H38FN3O2/c1-4-24(16-22-9-7-15-34(22)23-13-14-26(20(3)32)28(31)17-23)36-18-27(30(35)21-11-12-21)29(33)25-10-6-5-8-19(25)2/h5-6,8,10,13-14,17,21-22,24,32H,4,7,9,11-12,15-16,18,33H2,1-3H3. The lowest BCUT2D eigenvalue weighted by atomic mass is 9.98. The molecule has 2 aliphatic rings. The van der Waals surface area contributed by atoms with Crippen LogP contribution in [0.2, 0.25) is 0 Å². The maximum atomic E-state index is 14.6. The molecular formula is C30H38FN3O2. The minimum atomic E-state index is -0.353. The molecule has 6 heteroatoms. The van der Waals surface area contributed by atoms with Crippen molar-refractivity contribution in [3.63, 3.8) is 0 Å². The first-order chi connectivity index (χ1) is 17.3. The third-order valence-electron chi connectivity index (χ3n) is 7.53. The van der Waals surface area contributed by atoms with Crippen LogP contribution in [-0.4, -0.2) is 36.8 Å². The monoisotopic (exact) mass is 491 g/mol. The van der Waals surface area contributed by atoms with E-state index in [-0.39, 0.29) is 42.0 Å². The van der Waals surface area contributed by atoms with Crippen molar-refractivity contribution in [2.45, 2.75) is 71.4 Å². The predicted octanol–water partition coefficient (Wildman–Crippen LogP) is 6.03. The van der Waals surface area contributed by atoms with Crippen LogP contribution in [0.4, 0.5) is 10.1 Å². The minimum Gasteiger partial charge on any atom is -0.398 e. The van der Waals surface area contributed by atoms with E-state index < -0.39 is 0 Å². The molecule has 2 atom stereocenters. The summed E-state index contributed by atoms with van der Waals surface area (Å²) in [5.74, 6) is -0.168. The van der Waals surface area contributed by atoms with Crippen molar-refractivity contribution < 1.29 is 13.9 Å². The van der Waals surface area contributed by atoms with Crippen molar-refractivity contribution in [2.24, 2.45) is 11.7 Å². The van der Waals surface area contributed by atoms with Gasteiger partial charge in [-0.15, -0.1) is 0 Å². The summed E-state index contributed by atoms with van der Waals surface area (Å²) in [4.78, 5) is 15.4. The number of halogens is 1. The molecule has 192 valence electrons. The van der Waals surface area contributed by atoms with Crippen molar-refractivity contribution in [1.82, 2.24) is 0 Å². The number of benzene rings is 2. The molecule has 1 heterocycles. The van der Waals surface area contributed by atoms with Gasteiger partial charge in [0.25, 0.3) is 0 Å². The second-order valence-electron chi connectivity index (χ2n) is 10.2. The van der Waals surface area contributed by atoms with Gasteiger partial charge < -0.3 is 20.8 Å². The molecule has 36 heavy (non-hydrogen) atoms. The fraction of sp³-hybridized carbons (Fsp3) is 0.467. The van der Waals surface area contributed by atoms with Crippen LogP contribution in [0, 0.1) is 24.1 Å². The van der Waals surface area contributed by atoms with Gasteiger partial charge in [0.15, 0.2) is 5.78 Å². The number of aryl methyl sites for hydroxylation is 1. The summed E-state index contributed by atoms with van der Waals surface area (Å²) in [6.45, 7) is 6.78. The highest BCUT2D eigenvalue weighted by Crippen LogP contribution is 2.35. The molecule has 1 aliphatic heterocycles. The van der Waals surface area contributed by atoms with Crippen LogP contribution in [0.5, 0.6) is 0 Å². The van der Waals surface area contributed by atoms with E-state index in [1.165, 1.54) is 0 Å². The van der Waals surface area contributed by atoms with Gasteiger partial charge in [-0.2, -0.15) is 0 Å². The summed E-state index contributed by atoms with van der Waals surface area (Å²) < 4.78 is 20.9. The first-order valence-corrected chi connectivity index (χ1v) is 13.1. The van der Waals surface area contributed by atoms with Crippen molar-refractivity contribution in [3.05, 3.63) is 70.5 Å². The molecule has 2 unspecified atom stereocenters. The summed E-state index contributed by atoms with van der Waals surface area (Å²) >= 11 is 0. The molecule has 1 aliphatic carbocycles. The van der Waals surface area contributed by atoms with E-state index in [1.807, 2.05) is 37.3 Å². The number of hydrogen-bond donors (Lipinski definition) is 2. The Bertz CT molecular complexity index is 1150. The third kappa shape index (κ3) is 5.86. The van der Waals surface area contributed by atoms with Crippen LogP contribution in [0.1, 0.15) is 69.1 Å². The molecule has 2 aromatic rings. The molecule has 0 radical (unpaired) electrons. The van der Waals surface area contributed by atoms with E-state index >= 15 is 0 Å². The summed E-state index contributed by atoms with van der Waals surface area (Å²) in [7, 11) is 0. The van der Waals surface area contributed by atoms with E-state index in [1.54, 1.807) is 19.1 Å². The molecule has 0 spiro atoms. The predicted molar refractivity (Wildman–Crippen MR) is 144 cm³/mol. The maximum Gasteiger partial charge on any atom is 0.166 e. The Balaban J connectivity index is 1.48. The van der Waals surface area contributed by atoms with Crippen molar-refractivity contribution >= 4 is 22.9 Å². The topological polar surface area (TPSA) is 79.4 Å². The second kappa shape index (κ2) is 11.4. The number of Topliss-reactive ketones (excluding diaryl/α,β-unsaturated/α-hetero) is 1. The first kappa shape index (κ1) is 26.1. The molecular weight excluding hydrogens is 453 g/mol. The fourth-order valence-electron chi connectivity index (χ4n) is 5.18. The Labute approximate surface area is 214 Å². The molecule has 2 fully saturated rings. The van der Waals surface area contributed by atoms with E-state index in [2.05, 4.69) is 11.8 Å². The molecule has 4 rings (SSSR count). The summed E-state index contributed by atoms with van der Waals surface area (Å²) in [6.07, 6.45) is 5.49. The van der Waals surface area contributed by atoms with E-state index in [4.69, 9.17) is 15.9 Å². The molecule has 1 saturated heterocycles. The number of ether oxygens (including phenoxy) is 1. The van der Waals surface area contributed by atoms with Crippen LogP contribution in [-0.2, 0) is 9.53 Å². The number of anilines is 1. The normalized spacial score (nSPS) is 19.2. The molecule has 0 bridgehead atoms. The molecule has 5 nitrogen and oxygen atoms in total. The number of rotatable bonds is 11. The highest BCUT2D eigenvalue weighted by atomic mass is 19.1. The third-order valence-corrected chi connectivity index (χ3v) is 7.53. The fourth-order valence-corrected chi connectivity index (χ4v) is 5.18. The Kier molecular flexibility index (Phi) is 8.24. The Morgan fingerprint density at radius 2 is 1.94 bits per heavy atom. The maximum absolute atomic E-state index is 14.6. The van der Waals surface area contributed by atoms with E-state index in [9.17, 15) is 9.18 Å². The number of nitrogens with two attached hydrogens (primary N) is 1. The average molecular weight is 492 g/mol. The van der Waals surface area contributed by atoms with Gasteiger partial charge in [-0.1, -0.05) is 31.2 Å². The van der Waals surface area contributed by atoms with Gasteiger partial charge >= 0.3 is 0 Å². The zero-order valence-corrected chi connectivity index (χ0v) is 21.6. The van der Waals surface area contributed by atoms with Gasteiger partial charge in [0.05, 0.1) is 12.7 Å². The Morgan fingerprint density at radius 3 is 2.58 bits per heavy atom. The number of carbonyl (C=O) groups is 1. The number of carbonyl (C=O) groups excluding carboxylic acids is 1. The average Bonchev–Trinajstić information content (AvgIpc) is 3.61. The SMILES string of the molecule is CCC(CC1CCCN1c1ccc(C(C)=N)c(F)c1)OCC(C(=O)C1CC1)=C(N)c1ccccc1C. The van der Waals surface area contributed by atoms with Gasteiger partial charge in [-0.25, -0.2) is 4.39 Å². The Morgan fingerprint density at radius 1 is 1.19 bits per heavy atom. The zero-order chi connectivity index (χ0) is 25.8. The van der Waals surface area contributed by atoms with Crippen LogP contribution in [0.25, 0.3) is 5.70 Å². The molecule has 0 amide bonds. The molecule has 3 N–H and O–H groups in total. The number of nitrogens with one attached hydrogen (secondary N) is 1.